The van der Waals surface area contributed by atoms with Gasteiger partial charge in [0.2, 0.25) is 5.91 Å². The van der Waals surface area contributed by atoms with Crippen molar-refractivity contribution >= 4 is 12.0 Å². The van der Waals surface area contributed by atoms with Gasteiger partial charge in [-0.3, -0.25) is 9.69 Å². The number of hydrogen-bond donors (Lipinski definition) is 1. The molecule has 134 valence electrons. The molecule has 0 saturated carbocycles. The highest BCUT2D eigenvalue weighted by Crippen LogP contribution is 2.22. The lowest BCUT2D eigenvalue weighted by molar-refractivity contribution is -0.126. The predicted octanol–water partition coefficient (Wildman–Crippen LogP) is 3.13. The Bertz CT molecular complexity index is 671. The molecule has 0 radical (unpaired) electrons. The quantitative estimate of drug-likeness (QED) is 0.914. The normalized spacial score (nSPS) is 18.4. The number of benzene rings is 1. The van der Waals surface area contributed by atoms with Crippen molar-refractivity contribution < 1.29 is 14.3 Å². The van der Waals surface area contributed by atoms with Crippen molar-refractivity contribution in [2.75, 3.05) is 6.54 Å². The van der Waals surface area contributed by atoms with Gasteiger partial charge in [0.15, 0.2) is 0 Å². The third-order valence-corrected chi connectivity index (χ3v) is 4.08. The Morgan fingerprint density at radius 2 is 1.96 bits per heavy atom. The van der Waals surface area contributed by atoms with E-state index < -0.39 is 17.7 Å². The highest BCUT2D eigenvalue weighted by atomic mass is 16.6. The van der Waals surface area contributed by atoms with E-state index in [4.69, 9.17) is 10.00 Å². The van der Waals surface area contributed by atoms with Gasteiger partial charge in [0.05, 0.1) is 17.7 Å². The van der Waals surface area contributed by atoms with Crippen LogP contribution in [0.3, 0.4) is 0 Å². The van der Waals surface area contributed by atoms with Crippen LogP contribution in [0.25, 0.3) is 0 Å². The number of likely N-dealkylation sites (tertiary alicyclic amines) is 1. The van der Waals surface area contributed by atoms with Crippen LogP contribution in [0.5, 0.6) is 0 Å². The van der Waals surface area contributed by atoms with Gasteiger partial charge in [0.25, 0.3) is 0 Å². The smallest absolute Gasteiger partial charge is 0.410 e. The largest absolute Gasteiger partial charge is 0.444 e. The molecule has 1 saturated heterocycles. The molecule has 1 N–H and O–H groups in total. The second-order valence-electron chi connectivity index (χ2n) is 7.30. The molecule has 1 aromatic carbocycles. The van der Waals surface area contributed by atoms with Gasteiger partial charge in [-0.05, 0) is 58.2 Å². The summed E-state index contributed by atoms with van der Waals surface area (Å²) in [5.74, 6) is -0.180. The average Bonchev–Trinajstić information content (AvgIpc) is 3.03. The van der Waals surface area contributed by atoms with Crippen LogP contribution in [0.1, 0.15) is 57.7 Å². The summed E-state index contributed by atoms with van der Waals surface area (Å²) in [6.07, 6.45) is 0.962. The summed E-state index contributed by atoms with van der Waals surface area (Å²) in [5, 5.41) is 11.8. The van der Waals surface area contributed by atoms with E-state index in [1.807, 2.05) is 39.8 Å². The molecule has 25 heavy (non-hydrogen) atoms. The van der Waals surface area contributed by atoms with Crippen molar-refractivity contribution in [1.29, 1.82) is 5.26 Å². The third kappa shape index (κ3) is 4.96. The van der Waals surface area contributed by atoms with Gasteiger partial charge in [-0.15, -0.1) is 0 Å². The lowest BCUT2D eigenvalue weighted by atomic mass is 10.1. The molecule has 1 aromatic rings. The van der Waals surface area contributed by atoms with Crippen LogP contribution in [-0.4, -0.2) is 35.1 Å². The lowest BCUT2D eigenvalue weighted by Gasteiger charge is -2.28. The SMILES string of the molecule is CC(NC(=O)C1CCCN1C(=O)OC(C)(C)C)c1ccc(C#N)cc1. The molecule has 2 unspecified atom stereocenters. The number of nitriles is 1. The topological polar surface area (TPSA) is 82.4 Å². The molecular weight excluding hydrogens is 318 g/mol. The first kappa shape index (κ1) is 18.8. The monoisotopic (exact) mass is 343 g/mol. The Morgan fingerprint density at radius 3 is 2.52 bits per heavy atom. The Morgan fingerprint density at radius 1 is 1.32 bits per heavy atom. The predicted molar refractivity (Wildman–Crippen MR) is 93.7 cm³/mol. The van der Waals surface area contributed by atoms with Crippen LogP contribution >= 0.6 is 0 Å². The van der Waals surface area contributed by atoms with Crippen LogP contribution < -0.4 is 5.32 Å². The zero-order chi connectivity index (χ0) is 18.6. The third-order valence-electron chi connectivity index (χ3n) is 4.08. The fourth-order valence-corrected chi connectivity index (χ4v) is 2.82. The molecule has 0 aliphatic carbocycles. The Balaban J connectivity index is 2.00. The van der Waals surface area contributed by atoms with Crippen molar-refractivity contribution in [1.82, 2.24) is 10.2 Å². The van der Waals surface area contributed by atoms with Crippen LogP contribution in [0.4, 0.5) is 4.79 Å². The van der Waals surface area contributed by atoms with Crippen molar-refractivity contribution in [3.8, 4) is 6.07 Å². The van der Waals surface area contributed by atoms with E-state index in [9.17, 15) is 9.59 Å². The molecule has 6 heteroatoms. The summed E-state index contributed by atoms with van der Waals surface area (Å²) < 4.78 is 5.39. The highest BCUT2D eigenvalue weighted by Gasteiger charge is 2.36. The van der Waals surface area contributed by atoms with E-state index in [1.165, 1.54) is 4.90 Å². The molecular formula is C19H25N3O3. The van der Waals surface area contributed by atoms with E-state index in [2.05, 4.69) is 11.4 Å². The maximum Gasteiger partial charge on any atom is 0.410 e. The van der Waals surface area contributed by atoms with Gasteiger partial charge in [-0.2, -0.15) is 5.26 Å². The Labute approximate surface area is 148 Å². The number of rotatable bonds is 3. The molecule has 0 aromatic heterocycles. The maximum atomic E-state index is 12.6. The average molecular weight is 343 g/mol. The standard InChI is InChI=1S/C19H25N3O3/c1-13(15-9-7-14(12-20)8-10-15)21-17(23)16-6-5-11-22(16)18(24)25-19(2,3)4/h7-10,13,16H,5-6,11H2,1-4H3,(H,21,23). The van der Waals surface area contributed by atoms with Gasteiger partial charge in [-0.25, -0.2) is 4.79 Å². The summed E-state index contributed by atoms with van der Waals surface area (Å²) in [4.78, 5) is 26.4. The summed E-state index contributed by atoms with van der Waals surface area (Å²) in [6, 6.07) is 8.45. The number of hydrogen-bond acceptors (Lipinski definition) is 4. The lowest BCUT2D eigenvalue weighted by Crippen LogP contribution is -2.48. The van der Waals surface area contributed by atoms with Gasteiger partial charge in [-0.1, -0.05) is 12.1 Å². The first-order valence-corrected chi connectivity index (χ1v) is 8.51. The zero-order valence-corrected chi connectivity index (χ0v) is 15.2. The zero-order valence-electron chi connectivity index (χ0n) is 15.2. The molecule has 6 nitrogen and oxygen atoms in total. The van der Waals surface area contributed by atoms with E-state index in [0.29, 0.717) is 18.5 Å². The minimum atomic E-state index is -0.587. The van der Waals surface area contributed by atoms with Gasteiger partial charge < -0.3 is 10.1 Å². The van der Waals surface area contributed by atoms with Crippen LogP contribution in [0.15, 0.2) is 24.3 Å². The number of ether oxygens (including phenoxy) is 1. The minimum absolute atomic E-state index is 0.180. The maximum absolute atomic E-state index is 12.6. The fourth-order valence-electron chi connectivity index (χ4n) is 2.82. The second-order valence-corrected chi connectivity index (χ2v) is 7.30. The number of carbonyl (C=O) groups excluding carboxylic acids is 2. The molecule has 0 bridgehead atoms. The summed E-state index contributed by atoms with van der Waals surface area (Å²) in [5.41, 5.74) is 0.902. The van der Waals surface area contributed by atoms with Gasteiger partial charge in [0, 0.05) is 6.54 Å². The van der Waals surface area contributed by atoms with E-state index in [-0.39, 0.29) is 11.9 Å². The molecule has 1 aliphatic rings. The van der Waals surface area contributed by atoms with Crippen molar-refractivity contribution in [3.63, 3.8) is 0 Å². The number of nitrogens with zero attached hydrogens (tertiary/aromatic N) is 2. The van der Waals surface area contributed by atoms with E-state index in [0.717, 1.165) is 12.0 Å². The number of amides is 2. The first-order valence-electron chi connectivity index (χ1n) is 8.51. The summed E-state index contributed by atoms with van der Waals surface area (Å²) >= 11 is 0. The first-order chi connectivity index (χ1) is 11.7. The molecule has 1 heterocycles. The number of nitrogens with one attached hydrogen (secondary N) is 1. The molecule has 1 fully saturated rings. The van der Waals surface area contributed by atoms with Gasteiger partial charge >= 0.3 is 6.09 Å². The minimum Gasteiger partial charge on any atom is -0.444 e. The fraction of sp³-hybridized carbons (Fsp3) is 0.526. The van der Waals surface area contributed by atoms with E-state index in [1.54, 1.807) is 12.1 Å². The molecule has 0 spiro atoms. The van der Waals surface area contributed by atoms with Crippen molar-refractivity contribution in [2.24, 2.45) is 0 Å². The van der Waals surface area contributed by atoms with Crippen molar-refractivity contribution in [3.05, 3.63) is 35.4 Å². The molecule has 2 atom stereocenters. The Kier molecular flexibility index (Phi) is 5.68. The molecule has 2 amide bonds. The van der Waals surface area contributed by atoms with Crippen molar-refractivity contribution in [2.45, 2.75) is 58.2 Å². The van der Waals surface area contributed by atoms with E-state index >= 15 is 0 Å². The van der Waals surface area contributed by atoms with Crippen LogP contribution in [-0.2, 0) is 9.53 Å². The molecule has 1 aliphatic heterocycles. The van der Waals surface area contributed by atoms with Crippen LogP contribution in [0.2, 0.25) is 0 Å². The van der Waals surface area contributed by atoms with Crippen LogP contribution in [0, 0.1) is 11.3 Å². The number of carbonyl (C=O) groups is 2. The van der Waals surface area contributed by atoms with Gasteiger partial charge in [0.1, 0.15) is 11.6 Å². The summed E-state index contributed by atoms with van der Waals surface area (Å²) in [6.45, 7) is 7.83. The molecule has 2 rings (SSSR count). The summed E-state index contributed by atoms with van der Waals surface area (Å²) in [7, 11) is 0. The second kappa shape index (κ2) is 7.56. The highest BCUT2D eigenvalue weighted by molar-refractivity contribution is 5.86. The Hall–Kier alpha value is -2.55.